The highest BCUT2D eigenvalue weighted by Gasteiger charge is 2.11. The Morgan fingerprint density at radius 3 is 2.86 bits per heavy atom. The number of hydrogen-bond donors (Lipinski definition) is 2. The van der Waals surface area contributed by atoms with Crippen molar-refractivity contribution < 1.29 is 14.3 Å². The Labute approximate surface area is 174 Å². The van der Waals surface area contributed by atoms with E-state index < -0.39 is 0 Å². The van der Waals surface area contributed by atoms with Crippen molar-refractivity contribution in [3.8, 4) is 5.75 Å². The first-order valence-electron chi connectivity index (χ1n) is 8.63. The van der Waals surface area contributed by atoms with Gasteiger partial charge in [-0.3, -0.25) is 14.6 Å². The summed E-state index contributed by atoms with van der Waals surface area (Å²) in [4.78, 5) is 32.1. The fourth-order valence-corrected chi connectivity index (χ4v) is 3.94. The van der Waals surface area contributed by atoms with E-state index >= 15 is 0 Å². The lowest BCUT2D eigenvalue weighted by molar-refractivity contribution is -0.118. The number of halogens is 1. The standard InChI is InChI=1S/C20H15ClN4O3S/c1-11(26)23-20-25-15-6-4-12(9-17(15)29-20)24-18(27)10-28-16-7-5-14(21)13-3-2-8-22-19(13)16/h2-9H,10H2,1H3,(H,24,27)(H,23,25,26). The largest absolute Gasteiger partial charge is 0.481 e. The fraction of sp³-hybridized carbons (Fsp3) is 0.100. The maximum atomic E-state index is 12.3. The number of hydrogen-bond acceptors (Lipinski definition) is 6. The zero-order chi connectivity index (χ0) is 20.4. The molecule has 9 heteroatoms. The van der Waals surface area contributed by atoms with E-state index in [0.717, 1.165) is 15.6 Å². The molecule has 7 nitrogen and oxygen atoms in total. The lowest BCUT2D eigenvalue weighted by atomic mass is 10.2. The molecule has 0 aliphatic heterocycles. The first-order chi connectivity index (χ1) is 14.0. The molecule has 2 heterocycles. The van der Waals surface area contributed by atoms with Crippen LogP contribution in [0.25, 0.3) is 21.1 Å². The molecule has 0 bridgehead atoms. The second kappa shape index (κ2) is 8.02. The topological polar surface area (TPSA) is 93.2 Å². The smallest absolute Gasteiger partial charge is 0.262 e. The number of thiazole rings is 1. The number of nitrogens with one attached hydrogen (secondary N) is 2. The molecule has 0 saturated carbocycles. The molecule has 0 atom stereocenters. The highest BCUT2D eigenvalue weighted by Crippen LogP contribution is 2.30. The summed E-state index contributed by atoms with van der Waals surface area (Å²) in [6, 6.07) is 12.4. The van der Waals surface area contributed by atoms with Crippen LogP contribution in [0.1, 0.15) is 6.92 Å². The van der Waals surface area contributed by atoms with Gasteiger partial charge < -0.3 is 15.4 Å². The minimum Gasteiger partial charge on any atom is -0.481 e. The van der Waals surface area contributed by atoms with Crippen molar-refractivity contribution >= 4 is 66.7 Å². The van der Waals surface area contributed by atoms with E-state index in [2.05, 4.69) is 20.6 Å². The van der Waals surface area contributed by atoms with E-state index in [9.17, 15) is 9.59 Å². The Morgan fingerprint density at radius 1 is 1.17 bits per heavy atom. The SMILES string of the molecule is CC(=O)Nc1nc2ccc(NC(=O)COc3ccc(Cl)c4cccnc34)cc2s1. The number of carbonyl (C=O) groups excluding carboxylic acids is 2. The summed E-state index contributed by atoms with van der Waals surface area (Å²) in [7, 11) is 0. The Balaban J connectivity index is 1.45. The molecule has 4 rings (SSSR count). The van der Waals surface area contributed by atoms with E-state index in [-0.39, 0.29) is 18.4 Å². The van der Waals surface area contributed by atoms with Gasteiger partial charge in [-0.05, 0) is 42.5 Å². The molecule has 2 N–H and O–H groups in total. The summed E-state index contributed by atoms with van der Waals surface area (Å²) in [5, 5.41) is 7.30. The molecule has 0 spiro atoms. The summed E-state index contributed by atoms with van der Waals surface area (Å²) in [5.41, 5.74) is 1.96. The first-order valence-corrected chi connectivity index (χ1v) is 9.83. The molecule has 2 aromatic carbocycles. The van der Waals surface area contributed by atoms with Gasteiger partial charge in [0.05, 0.1) is 15.2 Å². The number of aromatic nitrogens is 2. The fourth-order valence-electron chi connectivity index (χ4n) is 2.78. The van der Waals surface area contributed by atoms with Crippen LogP contribution in [0, 0.1) is 0 Å². The third-order valence-corrected chi connectivity index (χ3v) is 5.26. The van der Waals surface area contributed by atoms with Crippen LogP contribution in [-0.4, -0.2) is 28.4 Å². The van der Waals surface area contributed by atoms with Gasteiger partial charge in [0, 0.05) is 24.2 Å². The summed E-state index contributed by atoms with van der Waals surface area (Å²) in [6.45, 7) is 1.25. The van der Waals surface area contributed by atoms with Gasteiger partial charge >= 0.3 is 0 Å². The molecular weight excluding hydrogens is 412 g/mol. The van der Waals surface area contributed by atoms with E-state index in [1.165, 1.54) is 18.3 Å². The van der Waals surface area contributed by atoms with Crippen LogP contribution in [0.4, 0.5) is 10.8 Å². The van der Waals surface area contributed by atoms with Crippen LogP contribution < -0.4 is 15.4 Å². The average Bonchev–Trinajstić information content (AvgIpc) is 3.08. The predicted octanol–water partition coefficient (Wildman–Crippen LogP) is 4.47. The molecule has 2 amide bonds. The number of rotatable bonds is 5. The maximum absolute atomic E-state index is 12.3. The molecule has 0 radical (unpaired) electrons. The van der Waals surface area contributed by atoms with E-state index in [4.69, 9.17) is 16.3 Å². The molecule has 0 aliphatic rings. The number of nitrogens with zero attached hydrogens (tertiary/aromatic N) is 2. The Kier molecular flexibility index (Phi) is 5.28. The van der Waals surface area contributed by atoms with Crippen LogP contribution in [0.15, 0.2) is 48.7 Å². The van der Waals surface area contributed by atoms with Crippen LogP contribution in [-0.2, 0) is 9.59 Å². The molecule has 0 aliphatic carbocycles. The van der Waals surface area contributed by atoms with Crippen molar-refractivity contribution in [3.63, 3.8) is 0 Å². The number of carbonyl (C=O) groups is 2. The van der Waals surface area contributed by atoms with Crippen molar-refractivity contribution in [3.05, 3.63) is 53.7 Å². The van der Waals surface area contributed by atoms with Gasteiger partial charge in [0.15, 0.2) is 11.7 Å². The molecular formula is C20H15ClN4O3S. The Morgan fingerprint density at radius 2 is 2.03 bits per heavy atom. The Bertz CT molecular complexity index is 1240. The molecule has 4 aromatic rings. The highest BCUT2D eigenvalue weighted by atomic mass is 35.5. The van der Waals surface area contributed by atoms with Crippen LogP contribution >= 0.6 is 22.9 Å². The highest BCUT2D eigenvalue weighted by molar-refractivity contribution is 7.22. The lowest BCUT2D eigenvalue weighted by Gasteiger charge is -2.10. The minimum absolute atomic E-state index is 0.175. The number of anilines is 2. The van der Waals surface area contributed by atoms with Gasteiger partial charge in [-0.1, -0.05) is 22.9 Å². The third-order valence-electron chi connectivity index (χ3n) is 3.99. The number of fused-ring (bicyclic) bond motifs is 2. The van der Waals surface area contributed by atoms with E-state index in [1.54, 1.807) is 42.6 Å². The third kappa shape index (κ3) is 4.28. The van der Waals surface area contributed by atoms with Crippen LogP contribution in [0.2, 0.25) is 5.02 Å². The molecule has 2 aromatic heterocycles. The summed E-state index contributed by atoms with van der Waals surface area (Å²) in [5.74, 6) is -0.00747. The minimum atomic E-state index is -0.310. The number of amides is 2. The molecule has 0 saturated heterocycles. The quantitative estimate of drug-likeness (QED) is 0.491. The van der Waals surface area contributed by atoms with Gasteiger partial charge in [-0.25, -0.2) is 4.98 Å². The first kappa shape index (κ1) is 19.1. The number of pyridine rings is 1. The second-order valence-electron chi connectivity index (χ2n) is 6.16. The van der Waals surface area contributed by atoms with Gasteiger partial charge in [0.2, 0.25) is 5.91 Å². The van der Waals surface area contributed by atoms with E-state index in [1.807, 2.05) is 6.07 Å². The zero-order valence-electron chi connectivity index (χ0n) is 15.2. The van der Waals surface area contributed by atoms with Crippen molar-refractivity contribution in [2.45, 2.75) is 6.92 Å². The summed E-state index contributed by atoms with van der Waals surface area (Å²) in [6.07, 6.45) is 1.64. The molecule has 146 valence electrons. The van der Waals surface area contributed by atoms with Gasteiger partial charge in [-0.2, -0.15) is 0 Å². The molecule has 0 fully saturated rings. The van der Waals surface area contributed by atoms with Crippen LogP contribution in [0.5, 0.6) is 5.75 Å². The van der Waals surface area contributed by atoms with E-state index in [0.29, 0.717) is 27.1 Å². The maximum Gasteiger partial charge on any atom is 0.262 e. The monoisotopic (exact) mass is 426 g/mol. The van der Waals surface area contributed by atoms with Gasteiger partial charge in [0.25, 0.3) is 5.91 Å². The van der Waals surface area contributed by atoms with Gasteiger partial charge in [0.1, 0.15) is 11.3 Å². The van der Waals surface area contributed by atoms with Crippen molar-refractivity contribution in [2.24, 2.45) is 0 Å². The van der Waals surface area contributed by atoms with Crippen molar-refractivity contribution in [1.82, 2.24) is 9.97 Å². The Hall–Kier alpha value is -3.23. The number of ether oxygens (including phenoxy) is 1. The van der Waals surface area contributed by atoms with Crippen LogP contribution in [0.3, 0.4) is 0 Å². The zero-order valence-corrected chi connectivity index (χ0v) is 16.8. The van der Waals surface area contributed by atoms with Crippen molar-refractivity contribution in [2.75, 3.05) is 17.2 Å². The normalized spacial score (nSPS) is 10.8. The number of benzene rings is 2. The summed E-state index contributed by atoms with van der Waals surface area (Å²) < 4.78 is 6.50. The second-order valence-corrected chi connectivity index (χ2v) is 7.60. The average molecular weight is 427 g/mol. The molecule has 29 heavy (non-hydrogen) atoms. The molecule has 0 unspecified atom stereocenters. The van der Waals surface area contributed by atoms with Crippen molar-refractivity contribution in [1.29, 1.82) is 0 Å². The lowest BCUT2D eigenvalue weighted by Crippen LogP contribution is -2.20. The van der Waals surface area contributed by atoms with Gasteiger partial charge in [-0.15, -0.1) is 0 Å². The predicted molar refractivity (Wildman–Crippen MR) is 115 cm³/mol. The summed E-state index contributed by atoms with van der Waals surface area (Å²) >= 11 is 7.51.